The monoisotopic (exact) mass is 391 g/mol. The molecule has 1 N–H and O–H groups in total. The molecule has 2 aromatic rings. The van der Waals surface area contributed by atoms with Crippen LogP contribution in [0.4, 0.5) is 11.4 Å². The fourth-order valence-electron chi connectivity index (χ4n) is 3.04. The number of anilines is 2. The van der Waals surface area contributed by atoms with Crippen LogP contribution in [-0.2, 0) is 0 Å². The maximum atomic E-state index is 12.2. The molecule has 24 heavy (non-hydrogen) atoms. The van der Waals surface area contributed by atoms with Crippen LogP contribution < -0.4 is 10.2 Å². The van der Waals surface area contributed by atoms with Crippen molar-refractivity contribution in [2.75, 3.05) is 37.4 Å². The van der Waals surface area contributed by atoms with E-state index in [9.17, 15) is 4.79 Å². The minimum Gasteiger partial charge on any atom is -0.444 e. The molecule has 0 saturated carbocycles. The molecule has 1 aliphatic rings. The number of aryl methyl sites for hydroxylation is 1. The van der Waals surface area contributed by atoms with Gasteiger partial charge in [0.2, 0.25) is 0 Å². The number of nitrogens with one attached hydrogen (secondary N) is 1. The van der Waals surface area contributed by atoms with Gasteiger partial charge in [-0.05, 0) is 73.2 Å². The number of nitrogens with zero attached hydrogens (tertiary/aromatic N) is 2. The summed E-state index contributed by atoms with van der Waals surface area (Å²) >= 11 is 3.21. The van der Waals surface area contributed by atoms with Crippen LogP contribution in [0.3, 0.4) is 0 Å². The molecule has 128 valence electrons. The molecule has 0 unspecified atom stereocenters. The zero-order valence-electron chi connectivity index (χ0n) is 14.2. The fraction of sp³-hybridized carbons (Fsp3) is 0.389. The molecular formula is C18H22BrN3O2. The Balaban J connectivity index is 1.76. The average molecular weight is 392 g/mol. The van der Waals surface area contributed by atoms with Gasteiger partial charge in [0.1, 0.15) is 0 Å². The molecule has 0 spiro atoms. The lowest BCUT2D eigenvalue weighted by Gasteiger charge is -2.24. The van der Waals surface area contributed by atoms with Crippen LogP contribution in [-0.4, -0.2) is 44.0 Å². The summed E-state index contributed by atoms with van der Waals surface area (Å²) in [7, 11) is 4.25. The molecular weight excluding hydrogens is 370 g/mol. The van der Waals surface area contributed by atoms with Crippen LogP contribution in [0.1, 0.15) is 22.5 Å². The van der Waals surface area contributed by atoms with Crippen molar-refractivity contribution in [3.63, 3.8) is 0 Å². The van der Waals surface area contributed by atoms with Gasteiger partial charge in [0.25, 0.3) is 5.91 Å². The van der Waals surface area contributed by atoms with Crippen molar-refractivity contribution in [1.29, 1.82) is 0 Å². The van der Waals surface area contributed by atoms with Crippen molar-refractivity contribution in [2.24, 2.45) is 0 Å². The highest BCUT2D eigenvalue weighted by atomic mass is 79.9. The highest BCUT2D eigenvalue weighted by Gasteiger charge is 2.25. The van der Waals surface area contributed by atoms with E-state index >= 15 is 0 Å². The number of carbonyl (C=O) groups excluding carboxylic acids is 1. The van der Waals surface area contributed by atoms with E-state index in [4.69, 9.17) is 4.42 Å². The summed E-state index contributed by atoms with van der Waals surface area (Å²) in [6, 6.07) is 9.95. The first-order chi connectivity index (χ1) is 11.4. The van der Waals surface area contributed by atoms with Gasteiger partial charge in [0.05, 0.1) is 0 Å². The molecule has 0 bridgehead atoms. The number of halogens is 1. The molecule has 1 amide bonds. The zero-order chi connectivity index (χ0) is 17.3. The van der Waals surface area contributed by atoms with Crippen molar-refractivity contribution < 1.29 is 9.21 Å². The van der Waals surface area contributed by atoms with E-state index in [1.54, 1.807) is 12.1 Å². The van der Waals surface area contributed by atoms with Crippen LogP contribution >= 0.6 is 15.9 Å². The van der Waals surface area contributed by atoms with Crippen LogP contribution in [0.15, 0.2) is 39.4 Å². The summed E-state index contributed by atoms with van der Waals surface area (Å²) in [5.74, 6) is 0.0425. The van der Waals surface area contributed by atoms with E-state index in [1.807, 2.05) is 18.2 Å². The van der Waals surface area contributed by atoms with E-state index in [0.29, 0.717) is 10.7 Å². The summed E-state index contributed by atoms with van der Waals surface area (Å²) in [5, 5.41) is 2.91. The maximum Gasteiger partial charge on any atom is 0.291 e. The third-order valence-electron chi connectivity index (χ3n) is 4.50. The Morgan fingerprint density at radius 1 is 1.33 bits per heavy atom. The third kappa shape index (κ3) is 3.65. The second-order valence-corrected chi connectivity index (χ2v) is 7.19. The highest BCUT2D eigenvalue weighted by molar-refractivity contribution is 9.10. The lowest BCUT2D eigenvalue weighted by atomic mass is 10.1. The molecule has 1 aliphatic heterocycles. The molecule has 1 aromatic carbocycles. The first-order valence-corrected chi connectivity index (χ1v) is 8.82. The van der Waals surface area contributed by atoms with Crippen molar-refractivity contribution >= 4 is 33.2 Å². The quantitative estimate of drug-likeness (QED) is 0.861. The Labute approximate surface area is 150 Å². The topological polar surface area (TPSA) is 48.7 Å². The smallest absolute Gasteiger partial charge is 0.291 e. The predicted octanol–water partition coefficient (Wildman–Crippen LogP) is 3.74. The van der Waals surface area contributed by atoms with Gasteiger partial charge in [-0.3, -0.25) is 4.79 Å². The van der Waals surface area contributed by atoms with Crippen LogP contribution in [0.5, 0.6) is 0 Å². The van der Waals surface area contributed by atoms with Crippen LogP contribution in [0.2, 0.25) is 0 Å². The summed E-state index contributed by atoms with van der Waals surface area (Å²) in [6.45, 7) is 4.15. The maximum absolute atomic E-state index is 12.2. The highest BCUT2D eigenvalue weighted by Crippen LogP contribution is 2.29. The van der Waals surface area contributed by atoms with E-state index in [0.717, 1.165) is 25.2 Å². The number of hydrogen-bond acceptors (Lipinski definition) is 4. The molecule has 1 atom stereocenters. The standard InChI is InChI=1S/C18H22BrN3O2/c1-12-4-5-13(20-18(23)16-6-7-17(19)24-16)10-15(12)22-9-8-14(11-22)21(2)3/h4-7,10,14H,8-9,11H2,1-3H3,(H,20,23)/t14-/m0/s1. The molecule has 0 aliphatic carbocycles. The number of rotatable bonds is 4. The fourth-order valence-corrected chi connectivity index (χ4v) is 3.35. The van der Waals surface area contributed by atoms with Gasteiger partial charge in [-0.2, -0.15) is 0 Å². The molecule has 3 rings (SSSR count). The van der Waals surface area contributed by atoms with Crippen molar-refractivity contribution in [3.05, 3.63) is 46.3 Å². The van der Waals surface area contributed by atoms with Gasteiger partial charge >= 0.3 is 0 Å². The van der Waals surface area contributed by atoms with Gasteiger partial charge in [0.15, 0.2) is 10.4 Å². The minimum atomic E-state index is -0.247. The Bertz CT molecular complexity index is 742. The Morgan fingerprint density at radius 2 is 2.12 bits per heavy atom. The number of hydrogen-bond donors (Lipinski definition) is 1. The van der Waals surface area contributed by atoms with E-state index in [2.05, 4.69) is 52.1 Å². The Morgan fingerprint density at radius 3 is 2.75 bits per heavy atom. The second-order valence-electron chi connectivity index (χ2n) is 6.41. The summed E-state index contributed by atoms with van der Waals surface area (Å²) in [6.07, 6.45) is 1.16. The van der Waals surface area contributed by atoms with Crippen LogP contribution in [0, 0.1) is 6.92 Å². The lowest BCUT2D eigenvalue weighted by Crippen LogP contribution is -2.31. The third-order valence-corrected chi connectivity index (χ3v) is 4.92. The molecule has 6 heteroatoms. The zero-order valence-corrected chi connectivity index (χ0v) is 15.8. The minimum absolute atomic E-state index is 0.247. The van der Waals surface area contributed by atoms with E-state index in [1.165, 1.54) is 11.3 Å². The number of benzene rings is 1. The Kier molecular flexibility index (Phi) is 4.96. The normalized spacial score (nSPS) is 17.5. The van der Waals surface area contributed by atoms with E-state index in [-0.39, 0.29) is 11.7 Å². The molecule has 5 nitrogen and oxygen atoms in total. The molecule has 2 heterocycles. The lowest BCUT2D eigenvalue weighted by molar-refractivity contribution is 0.0995. The van der Waals surface area contributed by atoms with Crippen molar-refractivity contribution in [1.82, 2.24) is 4.90 Å². The van der Waals surface area contributed by atoms with Gasteiger partial charge in [-0.15, -0.1) is 0 Å². The van der Waals surface area contributed by atoms with Crippen molar-refractivity contribution in [2.45, 2.75) is 19.4 Å². The number of carbonyl (C=O) groups is 1. The number of furan rings is 1. The van der Waals surface area contributed by atoms with Gasteiger partial charge < -0.3 is 19.5 Å². The van der Waals surface area contributed by atoms with Crippen LogP contribution in [0.25, 0.3) is 0 Å². The van der Waals surface area contributed by atoms with Gasteiger partial charge in [-0.25, -0.2) is 0 Å². The first kappa shape index (κ1) is 17.0. The van der Waals surface area contributed by atoms with Gasteiger partial charge in [-0.1, -0.05) is 6.07 Å². The summed E-state index contributed by atoms with van der Waals surface area (Å²) in [5.41, 5.74) is 3.17. The van der Waals surface area contributed by atoms with E-state index < -0.39 is 0 Å². The number of likely N-dealkylation sites (N-methyl/N-ethyl adjacent to an activating group) is 1. The van der Waals surface area contributed by atoms with Gasteiger partial charge in [0, 0.05) is 30.5 Å². The first-order valence-electron chi connectivity index (χ1n) is 8.03. The summed E-state index contributed by atoms with van der Waals surface area (Å²) < 4.78 is 5.85. The molecule has 1 aromatic heterocycles. The molecule has 0 radical (unpaired) electrons. The molecule has 1 fully saturated rings. The average Bonchev–Trinajstić information content (AvgIpc) is 3.18. The summed E-state index contributed by atoms with van der Waals surface area (Å²) in [4.78, 5) is 16.9. The SMILES string of the molecule is Cc1ccc(NC(=O)c2ccc(Br)o2)cc1N1CC[C@H](N(C)C)C1. The molecule has 1 saturated heterocycles. The second kappa shape index (κ2) is 6.99. The predicted molar refractivity (Wildman–Crippen MR) is 99.8 cm³/mol. The number of amides is 1. The largest absolute Gasteiger partial charge is 0.444 e. The van der Waals surface area contributed by atoms with Crippen molar-refractivity contribution in [3.8, 4) is 0 Å². The Hall–Kier alpha value is -1.79.